The van der Waals surface area contributed by atoms with E-state index in [1.54, 1.807) is 30.3 Å². The van der Waals surface area contributed by atoms with Gasteiger partial charge in [-0.3, -0.25) is 9.52 Å². The first kappa shape index (κ1) is 24.1. The van der Waals surface area contributed by atoms with Crippen LogP contribution in [-0.2, 0) is 20.0 Å². The summed E-state index contributed by atoms with van der Waals surface area (Å²) in [6.45, 7) is 1.01. The van der Waals surface area contributed by atoms with Crippen LogP contribution >= 0.6 is 0 Å². The Morgan fingerprint density at radius 2 is 1.47 bits per heavy atom. The molecule has 0 radical (unpaired) electrons. The second kappa shape index (κ2) is 9.45. The number of fused-ring (bicyclic) bond motifs is 1. The number of amides is 1. The Bertz CT molecular complexity index is 1520. The highest BCUT2D eigenvalue weighted by molar-refractivity contribution is 7.92. The highest BCUT2D eigenvalue weighted by Gasteiger charge is 2.28. The minimum atomic E-state index is -4.11. The summed E-state index contributed by atoms with van der Waals surface area (Å²) in [5.74, 6) is 0.539. The van der Waals surface area contributed by atoms with Gasteiger partial charge in [0.2, 0.25) is 16.8 Å². The molecule has 2 aliphatic heterocycles. The lowest BCUT2D eigenvalue weighted by atomic mass is 10.1. The summed E-state index contributed by atoms with van der Waals surface area (Å²) in [7, 11) is -7.77. The van der Waals surface area contributed by atoms with Crippen LogP contribution in [0.25, 0.3) is 0 Å². The maximum Gasteiger partial charge on any atom is 0.261 e. The Hall–Kier alpha value is -3.61. The third-order valence-corrected chi connectivity index (χ3v) is 9.18. The van der Waals surface area contributed by atoms with E-state index in [4.69, 9.17) is 9.47 Å². The molecule has 0 unspecified atom stereocenters. The summed E-state index contributed by atoms with van der Waals surface area (Å²) in [5, 5.41) is 2.72. The van der Waals surface area contributed by atoms with Gasteiger partial charge in [-0.2, -0.15) is 4.31 Å². The molecular weight excluding hydrogens is 506 g/mol. The predicted molar refractivity (Wildman–Crippen MR) is 132 cm³/mol. The number of hydrogen-bond acceptors (Lipinski definition) is 7. The van der Waals surface area contributed by atoms with Gasteiger partial charge < -0.3 is 14.8 Å². The van der Waals surface area contributed by atoms with Crippen LogP contribution in [0.4, 0.5) is 11.4 Å². The lowest BCUT2D eigenvalue weighted by Gasteiger charge is -2.16. The summed E-state index contributed by atoms with van der Waals surface area (Å²) < 4.78 is 65.9. The van der Waals surface area contributed by atoms with Crippen molar-refractivity contribution in [1.82, 2.24) is 4.31 Å². The number of carbonyl (C=O) groups excluding carboxylic acids is 1. The van der Waals surface area contributed by atoms with E-state index >= 15 is 0 Å². The lowest BCUT2D eigenvalue weighted by Crippen LogP contribution is -2.27. The largest absolute Gasteiger partial charge is 0.454 e. The van der Waals surface area contributed by atoms with Crippen LogP contribution in [0.1, 0.15) is 23.2 Å². The number of nitrogens with zero attached hydrogens (tertiary/aromatic N) is 1. The Morgan fingerprint density at radius 1 is 0.806 bits per heavy atom. The Kier molecular flexibility index (Phi) is 6.33. The highest BCUT2D eigenvalue weighted by atomic mass is 32.2. The van der Waals surface area contributed by atoms with Gasteiger partial charge in [-0.05, 0) is 61.4 Å². The minimum Gasteiger partial charge on any atom is -0.454 e. The van der Waals surface area contributed by atoms with Gasteiger partial charge in [-0.1, -0.05) is 12.1 Å². The summed E-state index contributed by atoms with van der Waals surface area (Å²) in [5.41, 5.74) is 0.633. The highest BCUT2D eigenvalue weighted by Crippen LogP contribution is 2.34. The van der Waals surface area contributed by atoms with Crippen LogP contribution < -0.4 is 19.5 Å². The van der Waals surface area contributed by atoms with E-state index in [0.717, 1.165) is 12.8 Å². The summed E-state index contributed by atoms with van der Waals surface area (Å²) in [6.07, 6.45) is 1.61. The molecule has 2 N–H and O–H groups in total. The standard InChI is InChI=1S/C24H23N3O7S2/c28-24(25-17-7-12-22-23(15-17)34-16-33-22)20-5-1-2-6-21(20)26-35(29,30)18-8-10-19(11-9-18)36(31,32)27-13-3-4-14-27/h1-2,5-12,15,26H,3-4,13-14,16H2,(H,25,28). The molecule has 3 aromatic rings. The van der Waals surface area contributed by atoms with Crippen molar-refractivity contribution in [1.29, 1.82) is 0 Å². The van der Waals surface area contributed by atoms with E-state index in [2.05, 4.69) is 10.0 Å². The first-order valence-electron chi connectivity index (χ1n) is 11.2. The number of ether oxygens (including phenoxy) is 2. The average Bonchev–Trinajstić information content (AvgIpc) is 3.57. The van der Waals surface area contributed by atoms with Crippen molar-refractivity contribution >= 4 is 37.3 Å². The van der Waals surface area contributed by atoms with E-state index in [-0.39, 0.29) is 27.8 Å². The molecule has 0 atom stereocenters. The van der Waals surface area contributed by atoms with Gasteiger partial charge in [0.15, 0.2) is 11.5 Å². The summed E-state index contributed by atoms with van der Waals surface area (Å²) in [4.78, 5) is 12.9. The number of carbonyl (C=O) groups is 1. The van der Waals surface area contributed by atoms with Crippen LogP contribution in [0.3, 0.4) is 0 Å². The fourth-order valence-corrected chi connectivity index (χ4v) is 6.61. The fraction of sp³-hybridized carbons (Fsp3) is 0.208. The van der Waals surface area contributed by atoms with Crippen molar-refractivity contribution in [2.75, 3.05) is 29.9 Å². The molecule has 1 fully saturated rings. The quantitative estimate of drug-likeness (QED) is 0.480. The van der Waals surface area contributed by atoms with Crippen LogP contribution in [-0.4, -0.2) is 46.9 Å². The predicted octanol–water partition coefficient (Wildman–Crippen LogP) is 3.25. The third kappa shape index (κ3) is 4.74. The maximum atomic E-state index is 13.0. The van der Waals surface area contributed by atoms with E-state index in [0.29, 0.717) is 30.3 Å². The number of anilines is 2. The van der Waals surface area contributed by atoms with Gasteiger partial charge in [0.1, 0.15) is 0 Å². The van der Waals surface area contributed by atoms with Gasteiger partial charge in [0.05, 0.1) is 21.0 Å². The van der Waals surface area contributed by atoms with Crippen molar-refractivity contribution in [3.63, 3.8) is 0 Å². The zero-order valence-electron chi connectivity index (χ0n) is 19.0. The number of para-hydroxylation sites is 1. The SMILES string of the molecule is O=C(Nc1ccc2c(c1)OCO2)c1ccccc1NS(=O)(=O)c1ccc(S(=O)(=O)N2CCCC2)cc1. The smallest absolute Gasteiger partial charge is 0.261 e. The maximum absolute atomic E-state index is 13.0. The molecule has 0 saturated carbocycles. The molecule has 0 bridgehead atoms. The molecule has 12 heteroatoms. The minimum absolute atomic E-state index is 0.0341. The summed E-state index contributed by atoms with van der Waals surface area (Å²) >= 11 is 0. The van der Waals surface area contributed by atoms with E-state index in [9.17, 15) is 21.6 Å². The average molecular weight is 530 g/mol. The molecule has 0 spiro atoms. The molecule has 2 heterocycles. The normalized spacial score (nSPS) is 15.6. The molecule has 36 heavy (non-hydrogen) atoms. The fourth-order valence-electron chi connectivity index (χ4n) is 4.01. The third-order valence-electron chi connectivity index (χ3n) is 5.88. The molecule has 0 aliphatic carbocycles. The molecule has 0 aromatic heterocycles. The Morgan fingerprint density at radius 3 is 2.22 bits per heavy atom. The van der Waals surface area contributed by atoms with Crippen LogP contribution in [0.5, 0.6) is 11.5 Å². The topological polar surface area (TPSA) is 131 Å². The number of rotatable bonds is 7. The zero-order chi connectivity index (χ0) is 25.3. The van der Waals surface area contributed by atoms with E-state index in [1.165, 1.54) is 40.7 Å². The van der Waals surface area contributed by atoms with Crippen molar-refractivity contribution in [2.45, 2.75) is 22.6 Å². The molecular formula is C24H23N3O7S2. The first-order valence-corrected chi connectivity index (χ1v) is 14.1. The van der Waals surface area contributed by atoms with Gasteiger partial charge in [-0.25, -0.2) is 16.8 Å². The van der Waals surface area contributed by atoms with Crippen molar-refractivity contribution in [3.05, 3.63) is 72.3 Å². The summed E-state index contributed by atoms with van der Waals surface area (Å²) in [6, 6.07) is 16.1. The first-order chi connectivity index (χ1) is 17.2. The van der Waals surface area contributed by atoms with E-state index < -0.39 is 26.0 Å². The number of sulfonamides is 2. The number of benzene rings is 3. The molecule has 5 rings (SSSR count). The second-order valence-electron chi connectivity index (χ2n) is 8.26. The van der Waals surface area contributed by atoms with Crippen LogP contribution in [0.2, 0.25) is 0 Å². The van der Waals surface area contributed by atoms with Gasteiger partial charge in [-0.15, -0.1) is 0 Å². The van der Waals surface area contributed by atoms with Crippen molar-refractivity contribution in [2.24, 2.45) is 0 Å². The Balaban J connectivity index is 1.34. The van der Waals surface area contributed by atoms with Crippen molar-refractivity contribution < 1.29 is 31.1 Å². The second-order valence-corrected chi connectivity index (χ2v) is 11.9. The molecule has 3 aromatic carbocycles. The van der Waals surface area contributed by atoms with Crippen LogP contribution in [0, 0.1) is 0 Å². The molecule has 10 nitrogen and oxygen atoms in total. The molecule has 2 aliphatic rings. The zero-order valence-corrected chi connectivity index (χ0v) is 20.6. The van der Waals surface area contributed by atoms with Crippen molar-refractivity contribution in [3.8, 4) is 11.5 Å². The van der Waals surface area contributed by atoms with Gasteiger partial charge in [0, 0.05) is 24.8 Å². The molecule has 1 saturated heterocycles. The number of hydrogen-bond donors (Lipinski definition) is 2. The van der Waals surface area contributed by atoms with Crippen LogP contribution in [0.15, 0.2) is 76.5 Å². The molecule has 1 amide bonds. The van der Waals surface area contributed by atoms with E-state index in [1.807, 2.05) is 0 Å². The monoisotopic (exact) mass is 529 g/mol. The molecule has 188 valence electrons. The Labute approximate surface area is 208 Å². The van der Waals surface area contributed by atoms with Gasteiger partial charge in [0.25, 0.3) is 15.9 Å². The van der Waals surface area contributed by atoms with Gasteiger partial charge >= 0.3 is 0 Å². The number of nitrogens with one attached hydrogen (secondary N) is 2. The lowest BCUT2D eigenvalue weighted by molar-refractivity contribution is 0.102.